The second-order valence-corrected chi connectivity index (χ2v) is 7.38. The van der Waals surface area contributed by atoms with Crippen LogP contribution in [0.5, 0.6) is 0 Å². The lowest BCUT2D eigenvalue weighted by atomic mass is 9.90. The minimum absolute atomic E-state index is 0.0604. The molecule has 0 radical (unpaired) electrons. The van der Waals surface area contributed by atoms with E-state index in [1.54, 1.807) is 6.92 Å². The Morgan fingerprint density at radius 1 is 1.29 bits per heavy atom. The van der Waals surface area contributed by atoms with E-state index in [1.807, 2.05) is 26.8 Å². The molecule has 21 heavy (non-hydrogen) atoms. The number of amides is 1. The van der Waals surface area contributed by atoms with Gasteiger partial charge in [0.15, 0.2) is 0 Å². The summed E-state index contributed by atoms with van der Waals surface area (Å²) >= 11 is 1.52. The summed E-state index contributed by atoms with van der Waals surface area (Å²) in [4.78, 5) is 13.4. The van der Waals surface area contributed by atoms with Crippen molar-refractivity contribution in [1.82, 2.24) is 5.32 Å². The number of rotatable bonds is 5. The number of hydrogen-bond donors (Lipinski definition) is 1. The first-order valence-electron chi connectivity index (χ1n) is 7.16. The summed E-state index contributed by atoms with van der Waals surface area (Å²) in [5.74, 6) is -0.0405. The molecule has 4 heteroatoms. The first kappa shape index (κ1) is 17.6. The average Bonchev–Trinajstić information content (AvgIpc) is 2.42. The van der Waals surface area contributed by atoms with Crippen LogP contribution in [-0.2, 0) is 4.79 Å². The fraction of sp³-hybridized carbons (Fsp3) is 0.529. The number of carbonyl (C=O) groups is 1. The van der Waals surface area contributed by atoms with Crippen molar-refractivity contribution in [3.05, 3.63) is 29.3 Å². The van der Waals surface area contributed by atoms with Gasteiger partial charge in [0.1, 0.15) is 5.54 Å². The highest BCUT2D eigenvalue weighted by atomic mass is 32.2. The van der Waals surface area contributed by atoms with Crippen LogP contribution in [0.15, 0.2) is 23.1 Å². The normalized spacial score (nSPS) is 15.1. The van der Waals surface area contributed by atoms with Crippen LogP contribution in [0.1, 0.15) is 38.8 Å². The Bertz CT molecular complexity index is 562. The van der Waals surface area contributed by atoms with Crippen LogP contribution >= 0.6 is 11.8 Å². The molecule has 0 aliphatic heterocycles. The predicted octanol–water partition coefficient (Wildman–Crippen LogP) is 3.84. The lowest BCUT2D eigenvalue weighted by molar-refractivity contribution is -0.121. The van der Waals surface area contributed by atoms with E-state index < -0.39 is 5.54 Å². The second kappa shape index (κ2) is 7.00. The molecule has 1 aromatic carbocycles. The van der Waals surface area contributed by atoms with Crippen molar-refractivity contribution in [3.63, 3.8) is 0 Å². The monoisotopic (exact) mass is 304 g/mol. The SMILES string of the molecule is Cc1ccc(S[C@@H](C)C(=O)N[C@@](C)(C#N)C(C)C)cc1C. The van der Waals surface area contributed by atoms with Gasteiger partial charge in [-0.15, -0.1) is 11.8 Å². The lowest BCUT2D eigenvalue weighted by Gasteiger charge is -2.28. The topological polar surface area (TPSA) is 52.9 Å². The molecular formula is C17H24N2OS. The van der Waals surface area contributed by atoms with Gasteiger partial charge in [-0.3, -0.25) is 4.79 Å². The fourth-order valence-electron chi connectivity index (χ4n) is 1.70. The van der Waals surface area contributed by atoms with Gasteiger partial charge in [0.25, 0.3) is 0 Å². The van der Waals surface area contributed by atoms with Gasteiger partial charge in [0, 0.05) is 4.90 Å². The van der Waals surface area contributed by atoms with Gasteiger partial charge in [0.2, 0.25) is 5.91 Å². The van der Waals surface area contributed by atoms with E-state index in [2.05, 4.69) is 37.4 Å². The highest BCUT2D eigenvalue weighted by molar-refractivity contribution is 8.00. The highest BCUT2D eigenvalue weighted by Crippen LogP contribution is 2.26. The standard InChI is InChI=1S/C17H24N2OS/c1-11(2)17(6,10-18)19-16(20)14(5)21-15-8-7-12(3)13(4)9-15/h7-9,11,14H,1-6H3,(H,19,20)/t14-,17-/m0/s1. The van der Waals surface area contributed by atoms with Gasteiger partial charge in [-0.05, 0) is 56.9 Å². The van der Waals surface area contributed by atoms with Crippen LogP contribution in [0.25, 0.3) is 0 Å². The second-order valence-electron chi connectivity index (χ2n) is 5.96. The number of aryl methyl sites for hydroxylation is 2. The summed E-state index contributed by atoms with van der Waals surface area (Å²) in [6.45, 7) is 11.6. The molecule has 0 spiro atoms. The molecule has 1 rings (SSSR count). The van der Waals surface area contributed by atoms with E-state index in [-0.39, 0.29) is 17.1 Å². The number of benzene rings is 1. The Labute approximate surface area is 132 Å². The first-order valence-corrected chi connectivity index (χ1v) is 8.04. The molecule has 0 aromatic heterocycles. The van der Waals surface area contributed by atoms with E-state index in [4.69, 9.17) is 0 Å². The quantitative estimate of drug-likeness (QED) is 0.841. The molecule has 1 aromatic rings. The van der Waals surface area contributed by atoms with Crippen molar-refractivity contribution in [3.8, 4) is 6.07 Å². The van der Waals surface area contributed by atoms with Crippen LogP contribution in [0.2, 0.25) is 0 Å². The maximum absolute atomic E-state index is 12.3. The zero-order chi connectivity index (χ0) is 16.2. The molecule has 0 saturated heterocycles. The van der Waals surface area contributed by atoms with E-state index in [0.717, 1.165) is 4.90 Å². The third-order valence-electron chi connectivity index (χ3n) is 3.93. The van der Waals surface area contributed by atoms with Crippen LogP contribution in [0.4, 0.5) is 0 Å². The molecule has 0 bridgehead atoms. The molecule has 114 valence electrons. The number of nitrogens with zero attached hydrogens (tertiary/aromatic N) is 1. The summed E-state index contributed by atoms with van der Waals surface area (Å²) in [7, 11) is 0. The molecule has 0 heterocycles. The van der Waals surface area contributed by atoms with Crippen molar-refractivity contribution in [1.29, 1.82) is 5.26 Å². The van der Waals surface area contributed by atoms with Gasteiger partial charge in [0.05, 0.1) is 11.3 Å². The summed E-state index contributed by atoms with van der Waals surface area (Å²) in [5, 5.41) is 11.9. The summed E-state index contributed by atoms with van der Waals surface area (Å²) < 4.78 is 0. The molecule has 1 amide bonds. The fourth-order valence-corrected chi connectivity index (χ4v) is 2.67. The maximum Gasteiger partial charge on any atom is 0.234 e. The van der Waals surface area contributed by atoms with Crippen molar-refractivity contribution in [2.75, 3.05) is 0 Å². The highest BCUT2D eigenvalue weighted by Gasteiger charge is 2.31. The molecule has 0 saturated carbocycles. The number of thioether (sulfide) groups is 1. The van der Waals surface area contributed by atoms with Gasteiger partial charge in [-0.1, -0.05) is 19.9 Å². The number of carbonyl (C=O) groups excluding carboxylic acids is 1. The van der Waals surface area contributed by atoms with Crippen LogP contribution < -0.4 is 5.32 Å². The van der Waals surface area contributed by atoms with E-state index in [9.17, 15) is 10.1 Å². The molecular weight excluding hydrogens is 280 g/mol. The predicted molar refractivity (Wildman–Crippen MR) is 88.2 cm³/mol. The summed E-state index contributed by atoms with van der Waals surface area (Å²) in [5.41, 5.74) is 1.64. The largest absolute Gasteiger partial charge is 0.337 e. The van der Waals surface area contributed by atoms with E-state index in [0.29, 0.717) is 0 Å². The Morgan fingerprint density at radius 2 is 1.90 bits per heavy atom. The molecule has 2 atom stereocenters. The van der Waals surface area contributed by atoms with Crippen molar-refractivity contribution in [2.24, 2.45) is 5.92 Å². The Hall–Kier alpha value is -1.47. The Morgan fingerprint density at radius 3 is 2.38 bits per heavy atom. The van der Waals surface area contributed by atoms with Crippen molar-refractivity contribution < 1.29 is 4.79 Å². The number of nitrogens with one attached hydrogen (secondary N) is 1. The number of hydrogen-bond acceptors (Lipinski definition) is 3. The zero-order valence-electron chi connectivity index (χ0n) is 13.7. The van der Waals surface area contributed by atoms with E-state index >= 15 is 0 Å². The molecule has 0 fully saturated rings. The third kappa shape index (κ3) is 4.50. The van der Waals surface area contributed by atoms with Crippen LogP contribution in [0, 0.1) is 31.1 Å². The zero-order valence-corrected chi connectivity index (χ0v) is 14.5. The molecule has 0 aliphatic rings. The first-order chi connectivity index (χ1) is 9.69. The van der Waals surface area contributed by atoms with Crippen molar-refractivity contribution >= 4 is 17.7 Å². The van der Waals surface area contributed by atoms with E-state index in [1.165, 1.54) is 22.9 Å². The smallest absolute Gasteiger partial charge is 0.234 e. The minimum Gasteiger partial charge on any atom is -0.337 e. The maximum atomic E-state index is 12.3. The third-order valence-corrected chi connectivity index (χ3v) is 5.02. The molecule has 3 nitrogen and oxygen atoms in total. The molecule has 0 unspecified atom stereocenters. The summed E-state index contributed by atoms with van der Waals surface area (Å²) in [6.07, 6.45) is 0. The molecule has 0 aliphatic carbocycles. The van der Waals surface area contributed by atoms with Gasteiger partial charge in [-0.25, -0.2) is 0 Å². The lowest BCUT2D eigenvalue weighted by Crippen LogP contribution is -2.51. The number of nitriles is 1. The van der Waals surface area contributed by atoms with Gasteiger partial charge in [-0.2, -0.15) is 5.26 Å². The average molecular weight is 304 g/mol. The van der Waals surface area contributed by atoms with Gasteiger partial charge >= 0.3 is 0 Å². The van der Waals surface area contributed by atoms with Crippen LogP contribution in [0.3, 0.4) is 0 Å². The molecule has 1 N–H and O–H groups in total. The summed E-state index contributed by atoms with van der Waals surface area (Å²) in [6, 6.07) is 8.39. The Balaban J connectivity index is 2.75. The van der Waals surface area contributed by atoms with Crippen molar-refractivity contribution in [2.45, 2.75) is 57.2 Å². The van der Waals surface area contributed by atoms with Gasteiger partial charge < -0.3 is 5.32 Å². The minimum atomic E-state index is -0.824. The van der Waals surface area contributed by atoms with Crippen LogP contribution in [-0.4, -0.2) is 16.7 Å². The Kier molecular flexibility index (Phi) is 5.86.